The van der Waals surface area contributed by atoms with Gasteiger partial charge in [-0.2, -0.15) is 13.2 Å². The van der Waals surface area contributed by atoms with Crippen molar-refractivity contribution in [1.29, 1.82) is 0 Å². The predicted octanol–water partition coefficient (Wildman–Crippen LogP) is 4.61. The van der Waals surface area contributed by atoms with Crippen molar-refractivity contribution in [2.45, 2.75) is 38.4 Å². The molecule has 0 aliphatic carbocycles. The number of hydrogen-bond acceptors (Lipinski definition) is 6. The Bertz CT molecular complexity index is 918. The molecule has 1 fully saturated rings. The van der Waals surface area contributed by atoms with Crippen molar-refractivity contribution in [1.82, 2.24) is 10.1 Å². The molecule has 1 aromatic carbocycles. The molecule has 12 heteroatoms. The van der Waals surface area contributed by atoms with Crippen LogP contribution in [0.2, 0.25) is 5.02 Å². The normalized spacial score (nSPS) is 16.7. The summed E-state index contributed by atoms with van der Waals surface area (Å²) in [6, 6.07) is 7.22. The molecule has 1 aliphatic heterocycles. The van der Waals surface area contributed by atoms with Crippen LogP contribution >= 0.6 is 11.6 Å². The number of likely N-dealkylation sites (tertiary alicyclic amines) is 1. The van der Waals surface area contributed by atoms with Gasteiger partial charge < -0.3 is 20.1 Å². The molecule has 3 rings (SSSR count). The van der Waals surface area contributed by atoms with Crippen LogP contribution in [0.3, 0.4) is 0 Å². The summed E-state index contributed by atoms with van der Waals surface area (Å²) >= 11 is 5.89. The second-order valence-corrected chi connectivity index (χ2v) is 7.45. The summed E-state index contributed by atoms with van der Waals surface area (Å²) in [5, 5.41) is 24.4. The Balaban J connectivity index is 0.000000451. The van der Waals surface area contributed by atoms with Crippen LogP contribution in [0.4, 0.5) is 19.0 Å². The fraction of sp³-hybridized carbons (Fsp3) is 0.450. The van der Waals surface area contributed by atoms with E-state index in [1.807, 2.05) is 0 Å². The lowest BCUT2D eigenvalue weighted by Crippen LogP contribution is -2.43. The van der Waals surface area contributed by atoms with Crippen LogP contribution in [0.15, 0.2) is 28.8 Å². The molecule has 1 atom stereocenters. The second kappa shape index (κ2) is 11.2. The summed E-state index contributed by atoms with van der Waals surface area (Å²) in [5.74, 6) is -3.31. The van der Waals surface area contributed by atoms with E-state index in [1.165, 1.54) is 12.8 Å². The molecule has 2 heterocycles. The fourth-order valence-electron chi connectivity index (χ4n) is 3.33. The van der Waals surface area contributed by atoms with Gasteiger partial charge in [-0.15, -0.1) is 0 Å². The Morgan fingerprint density at radius 2 is 1.88 bits per heavy atom. The Kier molecular flexibility index (Phi) is 8.90. The first-order chi connectivity index (χ1) is 15.0. The van der Waals surface area contributed by atoms with Crippen LogP contribution in [0.5, 0.6) is 0 Å². The summed E-state index contributed by atoms with van der Waals surface area (Å²) < 4.78 is 37.1. The highest BCUT2D eigenvalue weighted by Gasteiger charge is 2.38. The molecule has 0 spiro atoms. The average molecular weight is 478 g/mol. The third-order valence-corrected chi connectivity index (χ3v) is 5.17. The summed E-state index contributed by atoms with van der Waals surface area (Å²) in [7, 11) is 0. The first kappa shape index (κ1) is 25.5. The lowest BCUT2D eigenvalue weighted by atomic mass is 10.0. The highest BCUT2D eigenvalue weighted by atomic mass is 35.5. The molecule has 32 heavy (non-hydrogen) atoms. The molecule has 2 aromatic rings. The van der Waals surface area contributed by atoms with E-state index in [1.54, 1.807) is 24.3 Å². The molecule has 0 amide bonds. The number of aliphatic carboxylic acids is 1. The van der Waals surface area contributed by atoms with Crippen LogP contribution in [0.1, 0.15) is 36.5 Å². The van der Waals surface area contributed by atoms with Crippen molar-refractivity contribution in [3.05, 3.63) is 34.9 Å². The van der Waals surface area contributed by atoms with Crippen molar-refractivity contribution in [3.8, 4) is 11.3 Å². The molecule has 1 unspecified atom stereocenters. The van der Waals surface area contributed by atoms with Gasteiger partial charge in [0.1, 0.15) is 0 Å². The number of carbonyl (C=O) groups is 2. The molecule has 3 N–H and O–H groups in total. The number of aromatic carboxylic acids is 1. The van der Waals surface area contributed by atoms with Crippen molar-refractivity contribution in [3.63, 3.8) is 0 Å². The molecule has 8 nitrogen and oxygen atoms in total. The van der Waals surface area contributed by atoms with Gasteiger partial charge in [0, 0.05) is 23.2 Å². The molecule has 0 bridgehead atoms. The highest BCUT2D eigenvalue weighted by Crippen LogP contribution is 2.30. The lowest BCUT2D eigenvalue weighted by Gasteiger charge is -2.34. The van der Waals surface area contributed by atoms with E-state index >= 15 is 0 Å². The van der Waals surface area contributed by atoms with Gasteiger partial charge in [0.2, 0.25) is 0 Å². The third kappa shape index (κ3) is 6.86. The van der Waals surface area contributed by atoms with Gasteiger partial charge in [-0.25, -0.2) is 9.59 Å². The zero-order valence-corrected chi connectivity index (χ0v) is 17.9. The fourth-order valence-corrected chi connectivity index (χ4v) is 3.46. The van der Waals surface area contributed by atoms with E-state index < -0.39 is 18.1 Å². The zero-order chi connectivity index (χ0) is 23.9. The topological polar surface area (TPSA) is 116 Å². The quantitative estimate of drug-likeness (QED) is 0.552. The summed E-state index contributed by atoms with van der Waals surface area (Å²) in [6.45, 7) is 4.88. The molecular formula is C20H23ClF3N3O5. The Morgan fingerprint density at radius 1 is 1.25 bits per heavy atom. The number of nitrogens with zero attached hydrogens (tertiary/aromatic N) is 2. The molecule has 1 aromatic heterocycles. The number of halogens is 4. The van der Waals surface area contributed by atoms with Crippen LogP contribution < -0.4 is 5.32 Å². The smallest absolute Gasteiger partial charge is 0.477 e. The molecule has 0 saturated carbocycles. The maximum Gasteiger partial charge on any atom is 0.490 e. The van der Waals surface area contributed by atoms with Crippen LogP contribution in [0.25, 0.3) is 11.3 Å². The van der Waals surface area contributed by atoms with Gasteiger partial charge in [0.05, 0.1) is 0 Å². The zero-order valence-electron chi connectivity index (χ0n) is 17.2. The monoisotopic (exact) mass is 477 g/mol. The van der Waals surface area contributed by atoms with Gasteiger partial charge in [-0.05, 0) is 50.2 Å². The second-order valence-electron chi connectivity index (χ2n) is 7.01. The van der Waals surface area contributed by atoms with E-state index in [2.05, 4.69) is 22.3 Å². The van der Waals surface area contributed by atoms with E-state index in [4.69, 9.17) is 26.0 Å². The number of aromatic nitrogens is 1. The summed E-state index contributed by atoms with van der Waals surface area (Å²) in [6.07, 6.45) is -1.57. The van der Waals surface area contributed by atoms with Gasteiger partial charge in [0.25, 0.3) is 0 Å². The Morgan fingerprint density at radius 3 is 2.41 bits per heavy atom. The molecule has 1 aliphatic rings. The number of carboxylic acid groups (broad SMARTS) is 2. The summed E-state index contributed by atoms with van der Waals surface area (Å²) in [5.41, 5.74) is 0.691. The van der Waals surface area contributed by atoms with Crippen molar-refractivity contribution >= 4 is 29.4 Å². The van der Waals surface area contributed by atoms with Gasteiger partial charge in [-0.3, -0.25) is 4.90 Å². The van der Waals surface area contributed by atoms with Crippen molar-refractivity contribution < 1.29 is 37.5 Å². The Hall–Kier alpha value is -2.79. The first-order valence-corrected chi connectivity index (χ1v) is 10.2. The third-order valence-electron chi connectivity index (χ3n) is 4.92. The number of anilines is 1. The van der Waals surface area contributed by atoms with Crippen LogP contribution in [-0.2, 0) is 4.79 Å². The number of benzene rings is 1. The number of piperidine rings is 1. The molecule has 176 valence electrons. The van der Waals surface area contributed by atoms with E-state index in [0.717, 1.165) is 19.5 Å². The maximum absolute atomic E-state index is 11.7. The number of hydrogen-bond donors (Lipinski definition) is 3. The SMILES string of the molecule is CCN1CCCCC1CNc1noc(-c2ccc(Cl)cc2)c1C(=O)O.O=C(O)C(F)(F)F. The van der Waals surface area contributed by atoms with Crippen molar-refractivity contribution in [2.75, 3.05) is 25.0 Å². The van der Waals surface area contributed by atoms with E-state index in [-0.39, 0.29) is 17.1 Å². The van der Waals surface area contributed by atoms with Gasteiger partial charge >= 0.3 is 18.1 Å². The number of carboxylic acids is 2. The van der Waals surface area contributed by atoms with Crippen LogP contribution in [0, 0.1) is 0 Å². The predicted molar refractivity (Wildman–Crippen MR) is 111 cm³/mol. The molecule has 1 saturated heterocycles. The minimum Gasteiger partial charge on any atom is -0.477 e. The van der Waals surface area contributed by atoms with E-state index in [0.29, 0.717) is 23.2 Å². The number of rotatable bonds is 6. The first-order valence-electron chi connectivity index (χ1n) is 9.81. The molecular weight excluding hydrogens is 455 g/mol. The number of likely N-dealkylation sites (N-methyl/N-ethyl adjacent to an activating group) is 1. The minimum atomic E-state index is -5.08. The average Bonchev–Trinajstić information content (AvgIpc) is 3.17. The summed E-state index contributed by atoms with van der Waals surface area (Å²) in [4.78, 5) is 23.0. The lowest BCUT2D eigenvalue weighted by molar-refractivity contribution is -0.192. The number of nitrogens with one attached hydrogen (secondary N) is 1. The van der Waals surface area contributed by atoms with Crippen LogP contribution in [-0.4, -0.2) is 64.1 Å². The standard InChI is InChI=1S/C18H22ClN3O3.C2HF3O2/c1-2-22-10-4-3-5-14(22)11-20-17-15(18(23)24)16(25-21-17)12-6-8-13(19)9-7-12;3-2(4,5)1(6)7/h6-9,14H,2-5,10-11H2,1H3,(H,20,21)(H,23,24);(H,6,7). The van der Waals surface area contributed by atoms with Crippen molar-refractivity contribution in [2.24, 2.45) is 0 Å². The van der Waals surface area contributed by atoms with Gasteiger partial charge in [0.15, 0.2) is 17.1 Å². The molecule has 0 radical (unpaired) electrons. The number of alkyl halides is 3. The minimum absolute atomic E-state index is 0.0566. The van der Waals surface area contributed by atoms with E-state index in [9.17, 15) is 23.1 Å². The largest absolute Gasteiger partial charge is 0.490 e. The highest BCUT2D eigenvalue weighted by molar-refractivity contribution is 6.30. The van der Waals surface area contributed by atoms with Gasteiger partial charge in [-0.1, -0.05) is 30.1 Å². The maximum atomic E-state index is 11.7. The Labute approximate surface area is 186 Å².